The Labute approximate surface area is 114 Å². The number of nitrogens with one attached hydrogen (secondary N) is 1. The molecular weight excluding hydrogens is 238 g/mol. The number of hydrogen-bond acceptors (Lipinski definition) is 3. The van der Waals surface area contributed by atoms with Gasteiger partial charge in [0.25, 0.3) is 0 Å². The van der Waals surface area contributed by atoms with Crippen LogP contribution in [0.2, 0.25) is 0 Å². The van der Waals surface area contributed by atoms with E-state index in [1.807, 2.05) is 29.1 Å². The molecule has 4 heteroatoms. The lowest BCUT2D eigenvalue weighted by molar-refractivity contribution is 0.317. The highest BCUT2D eigenvalue weighted by Gasteiger charge is 1.96. The molecule has 1 heterocycles. The number of aromatic nitrogens is 2. The second-order valence-corrected chi connectivity index (χ2v) is 4.44. The Balaban J connectivity index is 1.68. The summed E-state index contributed by atoms with van der Waals surface area (Å²) in [7, 11) is 0. The fourth-order valence-electron chi connectivity index (χ4n) is 1.78. The molecule has 2 rings (SSSR count). The van der Waals surface area contributed by atoms with E-state index in [-0.39, 0.29) is 0 Å². The summed E-state index contributed by atoms with van der Waals surface area (Å²) >= 11 is 0. The van der Waals surface area contributed by atoms with E-state index in [0.29, 0.717) is 0 Å². The molecule has 19 heavy (non-hydrogen) atoms. The van der Waals surface area contributed by atoms with Crippen molar-refractivity contribution in [2.45, 2.75) is 26.4 Å². The molecule has 0 aliphatic carbocycles. The lowest BCUT2D eigenvalue weighted by Gasteiger charge is -2.07. The summed E-state index contributed by atoms with van der Waals surface area (Å²) in [6, 6.07) is 10.2. The molecule has 102 valence electrons. The predicted molar refractivity (Wildman–Crippen MR) is 76.2 cm³/mol. The third-order valence-electron chi connectivity index (χ3n) is 2.80. The summed E-state index contributed by atoms with van der Waals surface area (Å²) in [5.74, 6) is 0.946. The van der Waals surface area contributed by atoms with Crippen molar-refractivity contribution in [2.75, 3.05) is 13.2 Å². The zero-order valence-corrected chi connectivity index (χ0v) is 11.4. The van der Waals surface area contributed by atoms with Crippen LogP contribution in [0, 0.1) is 0 Å². The van der Waals surface area contributed by atoms with Crippen molar-refractivity contribution in [1.29, 1.82) is 0 Å². The van der Waals surface area contributed by atoms with Crippen LogP contribution in [0.25, 0.3) is 0 Å². The van der Waals surface area contributed by atoms with Gasteiger partial charge in [-0.15, -0.1) is 0 Å². The average molecular weight is 259 g/mol. The monoisotopic (exact) mass is 259 g/mol. The van der Waals surface area contributed by atoms with Gasteiger partial charge in [0.15, 0.2) is 0 Å². The Morgan fingerprint density at radius 2 is 2.11 bits per heavy atom. The molecule has 4 nitrogen and oxygen atoms in total. The minimum Gasteiger partial charge on any atom is -0.494 e. The molecule has 0 saturated heterocycles. The maximum absolute atomic E-state index is 5.55. The van der Waals surface area contributed by atoms with E-state index in [1.54, 1.807) is 6.20 Å². The molecule has 0 aliphatic rings. The van der Waals surface area contributed by atoms with Crippen LogP contribution >= 0.6 is 0 Å². The number of ether oxygens (including phenoxy) is 1. The molecule has 0 aliphatic heterocycles. The summed E-state index contributed by atoms with van der Waals surface area (Å²) in [4.78, 5) is 0. The van der Waals surface area contributed by atoms with Gasteiger partial charge in [-0.3, -0.25) is 4.68 Å². The van der Waals surface area contributed by atoms with Crippen LogP contribution in [0.15, 0.2) is 42.7 Å². The van der Waals surface area contributed by atoms with Gasteiger partial charge in [-0.25, -0.2) is 0 Å². The molecule has 0 saturated carbocycles. The lowest BCUT2D eigenvalue weighted by atomic mass is 10.2. The van der Waals surface area contributed by atoms with Crippen LogP contribution in [0.3, 0.4) is 0 Å². The molecule has 0 unspecified atom stereocenters. The van der Waals surface area contributed by atoms with E-state index >= 15 is 0 Å². The van der Waals surface area contributed by atoms with Gasteiger partial charge in [-0.2, -0.15) is 5.10 Å². The van der Waals surface area contributed by atoms with Crippen LogP contribution in [0.5, 0.6) is 5.75 Å². The first-order valence-electron chi connectivity index (χ1n) is 6.78. The lowest BCUT2D eigenvalue weighted by Crippen LogP contribution is -2.19. The van der Waals surface area contributed by atoms with Gasteiger partial charge in [-0.1, -0.05) is 19.1 Å². The first-order valence-corrected chi connectivity index (χ1v) is 6.78. The number of nitrogens with zero attached hydrogens (tertiary/aromatic N) is 2. The van der Waals surface area contributed by atoms with Gasteiger partial charge in [0, 0.05) is 25.5 Å². The largest absolute Gasteiger partial charge is 0.494 e. The fourth-order valence-corrected chi connectivity index (χ4v) is 1.78. The van der Waals surface area contributed by atoms with E-state index in [4.69, 9.17) is 4.74 Å². The molecule has 0 radical (unpaired) electrons. The van der Waals surface area contributed by atoms with Crippen LogP contribution < -0.4 is 10.1 Å². The van der Waals surface area contributed by atoms with Crippen molar-refractivity contribution in [3.05, 3.63) is 48.3 Å². The highest BCUT2D eigenvalue weighted by atomic mass is 16.5. The maximum Gasteiger partial charge on any atom is 0.119 e. The summed E-state index contributed by atoms with van der Waals surface area (Å²) in [5, 5.41) is 7.56. The average Bonchev–Trinajstić information content (AvgIpc) is 2.96. The Bertz CT molecular complexity index is 451. The van der Waals surface area contributed by atoms with Crippen molar-refractivity contribution in [2.24, 2.45) is 0 Å². The number of hydrogen-bond donors (Lipinski definition) is 1. The van der Waals surface area contributed by atoms with Crippen LogP contribution in [-0.4, -0.2) is 22.9 Å². The first kappa shape index (κ1) is 13.6. The van der Waals surface area contributed by atoms with Crippen molar-refractivity contribution < 1.29 is 4.74 Å². The van der Waals surface area contributed by atoms with Crippen molar-refractivity contribution in [3.8, 4) is 5.75 Å². The SMILES string of the molecule is CCCOc1ccc(CNCCn2cccn2)cc1. The van der Waals surface area contributed by atoms with Crippen LogP contribution in [0.4, 0.5) is 0 Å². The highest BCUT2D eigenvalue weighted by molar-refractivity contribution is 5.27. The van der Waals surface area contributed by atoms with Gasteiger partial charge in [0.2, 0.25) is 0 Å². The van der Waals surface area contributed by atoms with E-state index in [2.05, 4.69) is 29.5 Å². The summed E-state index contributed by atoms with van der Waals surface area (Å²) in [6.07, 6.45) is 4.81. The van der Waals surface area contributed by atoms with Crippen molar-refractivity contribution >= 4 is 0 Å². The quantitative estimate of drug-likeness (QED) is 0.740. The number of rotatable bonds is 8. The normalized spacial score (nSPS) is 10.6. The summed E-state index contributed by atoms with van der Waals surface area (Å²) in [5.41, 5.74) is 1.27. The maximum atomic E-state index is 5.55. The minimum atomic E-state index is 0.779. The Morgan fingerprint density at radius 1 is 1.26 bits per heavy atom. The second-order valence-electron chi connectivity index (χ2n) is 4.44. The molecule has 0 amide bonds. The Hall–Kier alpha value is -1.81. The summed E-state index contributed by atoms with van der Waals surface area (Å²) in [6.45, 7) is 5.56. The molecule has 1 N–H and O–H groups in total. The molecular formula is C15H21N3O. The summed E-state index contributed by atoms with van der Waals surface area (Å²) < 4.78 is 7.48. The third kappa shape index (κ3) is 4.75. The topological polar surface area (TPSA) is 39.1 Å². The van der Waals surface area contributed by atoms with E-state index in [9.17, 15) is 0 Å². The molecule has 2 aromatic rings. The molecule has 0 bridgehead atoms. The van der Waals surface area contributed by atoms with E-state index in [0.717, 1.165) is 38.4 Å². The standard InChI is InChI=1S/C15H21N3O/c1-2-12-19-15-6-4-14(5-7-15)13-16-9-11-18-10-3-8-17-18/h3-8,10,16H,2,9,11-13H2,1H3. The van der Waals surface area contributed by atoms with Gasteiger partial charge >= 0.3 is 0 Å². The fraction of sp³-hybridized carbons (Fsp3) is 0.400. The van der Waals surface area contributed by atoms with Gasteiger partial charge in [-0.05, 0) is 30.2 Å². The Kier molecular flexibility index (Phi) is 5.44. The zero-order valence-electron chi connectivity index (χ0n) is 11.4. The Morgan fingerprint density at radius 3 is 2.79 bits per heavy atom. The van der Waals surface area contributed by atoms with Gasteiger partial charge < -0.3 is 10.1 Å². The molecule has 0 spiro atoms. The molecule has 0 atom stereocenters. The molecule has 1 aromatic carbocycles. The molecule has 1 aromatic heterocycles. The zero-order chi connectivity index (χ0) is 13.3. The first-order chi connectivity index (χ1) is 9.38. The second kappa shape index (κ2) is 7.59. The van der Waals surface area contributed by atoms with Crippen LogP contribution in [-0.2, 0) is 13.1 Å². The van der Waals surface area contributed by atoms with Crippen molar-refractivity contribution in [3.63, 3.8) is 0 Å². The smallest absolute Gasteiger partial charge is 0.119 e. The number of benzene rings is 1. The van der Waals surface area contributed by atoms with Crippen LogP contribution in [0.1, 0.15) is 18.9 Å². The molecule has 0 fully saturated rings. The minimum absolute atomic E-state index is 0.779. The highest BCUT2D eigenvalue weighted by Crippen LogP contribution is 2.12. The van der Waals surface area contributed by atoms with Crippen molar-refractivity contribution in [1.82, 2.24) is 15.1 Å². The van der Waals surface area contributed by atoms with Gasteiger partial charge in [0.05, 0.1) is 13.2 Å². The predicted octanol–water partition coefficient (Wildman–Crippen LogP) is 2.46. The van der Waals surface area contributed by atoms with E-state index in [1.165, 1.54) is 5.56 Å². The van der Waals surface area contributed by atoms with Gasteiger partial charge in [0.1, 0.15) is 5.75 Å². The van der Waals surface area contributed by atoms with E-state index < -0.39 is 0 Å². The third-order valence-corrected chi connectivity index (χ3v) is 2.80.